The Kier molecular flexibility index (Phi) is 2.87. The molecule has 0 spiro atoms. The number of morpholine rings is 1. The molecular formula is C11H17N5OS. The van der Waals surface area contributed by atoms with E-state index in [0.29, 0.717) is 0 Å². The summed E-state index contributed by atoms with van der Waals surface area (Å²) in [5, 5.41) is 6.74. The van der Waals surface area contributed by atoms with Crippen LogP contribution in [0.4, 0.5) is 0 Å². The van der Waals surface area contributed by atoms with Crippen LogP contribution in [0, 0.1) is 4.77 Å². The number of aromatic amines is 1. The highest BCUT2D eigenvalue weighted by Gasteiger charge is 2.19. The smallest absolute Gasteiger partial charge is 0.198 e. The fraction of sp³-hybridized carbons (Fsp3) is 0.636. The van der Waals surface area contributed by atoms with Crippen molar-refractivity contribution in [1.82, 2.24) is 19.4 Å². The van der Waals surface area contributed by atoms with Crippen molar-refractivity contribution in [3.63, 3.8) is 0 Å². The summed E-state index contributed by atoms with van der Waals surface area (Å²) in [7, 11) is 1.96. The molecule has 0 aromatic carbocycles. The van der Waals surface area contributed by atoms with Crippen molar-refractivity contribution in [2.24, 2.45) is 7.05 Å². The van der Waals surface area contributed by atoms with Crippen molar-refractivity contribution in [3.05, 3.63) is 10.5 Å². The van der Waals surface area contributed by atoms with Crippen LogP contribution in [0.25, 0.3) is 11.2 Å². The van der Waals surface area contributed by atoms with Crippen molar-refractivity contribution < 1.29 is 4.74 Å². The minimum absolute atomic E-state index is 0.731. The molecule has 7 heteroatoms. The molecule has 2 aromatic rings. The Hall–Kier alpha value is -1.34. The number of aromatic nitrogens is 4. The summed E-state index contributed by atoms with van der Waals surface area (Å²) in [6, 6.07) is 0. The lowest BCUT2D eigenvalue weighted by atomic mass is 10.3. The molecule has 0 bridgehead atoms. The third-order valence-electron chi connectivity index (χ3n) is 3.32. The topological polar surface area (TPSA) is 51.0 Å². The maximum Gasteiger partial charge on any atom is 0.198 e. The van der Waals surface area contributed by atoms with Crippen LogP contribution in [0.15, 0.2) is 0 Å². The van der Waals surface area contributed by atoms with E-state index in [1.807, 2.05) is 11.7 Å². The molecule has 1 aliphatic heterocycles. The lowest BCUT2D eigenvalue weighted by molar-refractivity contribution is 0.111. The predicted molar refractivity (Wildman–Crippen MR) is 72.0 cm³/mol. The zero-order chi connectivity index (χ0) is 12.7. The van der Waals surface area contributed by atoms with Crippen molar-refractivity contribution in [2.75, 3.05) is 31.3 Å². The molecule has 0 aliphatic carbocycles. The van der Waals surface area contributed by atoms with Gasteiger partial charge < -0.3 is 14.7 Å². The maximum atomic E-state index is 5.44. The molecule has 3 rings (SSSR count). The van der Waals surface area contributed by atoms with Crippen LogP contribution >= 0.6 is 12.2 Å². The number of hydrogen-bond donors (Lipinski definition) is 1. The summed E-state index contributed by atoms with van der Waals surface area (Å²) in [4.78, 5) is 3.28. The van der Waals surface area contributed by atoms with E-state index in [1.165, 1.54) is 0 Å². The van der Waals surface area contributed by atoms with Gasteiger partial charge in [0, 0.05) is 7.05 Å². The highest BCUT2D eigenvalue weighted by Crippen LogP contribution is 2.18. The maximum absolute atomic E-state index is 5.44. The SMILES string of the molecule is CCc1nn(C)c2c1[nH]c(=S)n2N1CCOCC1. The fourth-order valence-electron chi connectivity index (χ4n) is 2.46. The number of fused-ring (bicyclic) bond motifs is 1. The first-order valence-corrected chi connectivity index (χ1v) is 6.62. The average Bonchev–Trinajstić information content (AvgIpc) is 2.87. The van der Waals surface area contributed by atoms with Gasteiger partial charge in [-0.3, -0.25) is 0 Å². The quantitative estimate of drug-likeness (QED) is 0.824. The van der Waals surface area contributed by atoms with E-state index in [4.69, 9.17) is 17.0 Å². The number of rotatable bonds is 2. The number of H-pyrrole nitrogens is 1. The van der Waals surface area contributed by atoms with Crippen molar-refractivity contribution in [2.45, 2.75) is 13.3 Å². The molecule has 3 heterocycles. The molecular weight excluding hydrogens is 250 g/mol. The van der Waals surface area contributed by atoms with E-state index in [2.05, 4.69) is 26.7 Å². The Morgan fingerprint density at radius 2 is 2.11 bits per heavy atom. The van der Waals surface area contributed by atoms with E-state index < -0.39 is 0 Å². The zero-order valence-electron chi connectivity index (χ0n) is 10.6. The fourth-order valence-corrected chi connectivity index (χ4v) is 2.76. The Balaban J connectivity index is 2.18. The Morgan fingerprint density at radius 1 is 1.39 bits per heavy atom. The zero-order valence-corrected chi connectivity index (χ0v) is 11.5. The lowest BCUT2D eigenvalue weighted by Crippen LogP contribution is -2.44. The molecule has 1 fully saturated rings. The van der Waals surface area contributed by atoms with Gasteiger partial charge in [0.1, 0.15) is 5.52 Å². The van der Waals surface area contributed by atoms with Gasteiger partial charge in [-0.2, -0.15) is 5.10 Å². The third kappa shape index (κ3) is 1.65. The van der Waals surface area contributed by atoms with Gasteiger partial charge in [-0.15, -0.1) is 0 Å². The average molecular weight is 267 g/mol. The molecule has 0 radical (unpaired) electrons. The van der Waals surface area contributed by atoms with E-state index in [0.717, 1.165) is 54.4 Å². The second-order valence-corrected chi connectivity index (χ2v) is 4.82. The van der Waals surface area contributed by atoms with E-state index in [-0.39, 0.29) is 0 Å². The lowest BCUT2D eigenvalue weighted by Gasteiger charge is -2.29. The largest absolute Gasteiger partial charge is 0.378 e. The van der Waals surface area contributed by atoms with Crippen LogP contribution in [0.2, 0.25) is 0 Å². The standard InChI is InChI=1S/C11H17N5OS/c1-3-8-9-10(14(2)13-8)16(11(18)12-9)15-4-6-17-7-5-15/h3-7H2,1-2H3,(H,12,18). The van der Waals surface area contributed by atoms with Gasteiger partial charge in [-0.25, -0.2) is 9.36 Å². The molecule has 1 N–H and O–H groups in total. The number of nitrogens with one attached hydrogen (secondary N) is 1. The molecule has 98 valence electrons. The number of imidazole rings is 1. The number of hydrogen-bond acceptors (Lipinski definition) is 4. The molecule has 2 aromatic heterocycles. The van der Waals surface area contributed by atoms with Gasteiger partial charge in [0.2, 0.25) is 0 Å². The molecule has 0 atom stereocenters. The second-order valence-electron chi connectivity index (χ2n) is 4.43. The van der Waals surface area contributed by atoms with Gasteiger partial charge in [-0.05, 0) is 18.6 Å². The first kappa shape index (κ1) is 11.7. The Morgan fingerprint density at radius 3 is 2.78 bits per heavy atom. The van der Waals surface area contributed by atoms with Crippen LogP contribution < -0.4 is 5.01 Å². The minimum Gasteiger partial charge on any atom is -0.378 e. The summed E-state index contributed by atoms with van der Waals surface area (Å²) in [5.41, 5.74) is 3.15. The Bertz CT molecular complexity index is 619. The van der Waals surface area contributed by atoms with Crippen molar-refractivity contribution >= 4 is 23.4 Å². The molecule has 0 saturated carbocycles. The molecule has 0 amide bonds. The first-order chi connectivity index (χ1) is 8.72. The third-order valence-corrected chi connectivity index (χ3v) is 3.59. The van der Waals surface area contributed by atoms with Crippen LogP contribution in [-0.4, -0.2) is 45.7 Å². The van der Waals surface area contributed by atoms with Crippen LogP contribution in [0.1, 0.15) is 12.6 Å². The van der Waals surface area contributed by atoms with Crippen molar-refractivity contribution in [1.29, 1.82) is 0 Å². The molecule has 1 saturated heterocycles. The van der Waals surface area contributed by atoms with Crippen LogP contribution in [0.3, 0.4) is 0 Å². The predicted octanol–water partition coefficient (Wildman–Crippen LogP) is 0.963. The van der Waals surface area contributed by atoms with Crippen LogP contribution in [0.5, 0.6) is 0 Å². The van der Waals surface area contributed by atoms with Crippen LogP contribution in [-0.2, 0) is 18.2 Å². The van der Waals surface area contributed by atoms with Gasteiger partial charge in [0.05, 0.1) is 32.0 Å². The van der Waals surface area contributed by atoms with Gasteiger partial charge in [-0.1, -0.05) is 6.92 Å². The normalized spacial score (nSPS) is 16.7. The molecule has 0 unspecified atom stereocenters. The van der Waals surface area contributed by atoms with E-state index >= 15 is 0 Å². The van der Waals surface area contributed by atoms with Gasteiger partial charge >= 0.3 is 0 Å². The van der Waals surface area contributed by atoms with E-state index in [1.54, 1.807) is 0 Å². The van der Waals surface area contributed by atoms with Gasteiger partial charge in [0.25, 0.3) is 0 Å². The minimum atomic E-state index is 0.731. The molecule has 6 nitrogen and oxygen atoms in total. The van der Waals surface area contributed by atoms with Gasteiger partial charge in [0.15, 0.2) is 10.4 Å². The summed E-state index contributed by atoms with van der Waals surface area (Å²) in [6.45, 7) is 5.30. The molecule has 18 heavy (non-hydrogen) atoms. The first-order valence-electron chi connectivity index (χ1n) is 6.22. The summed E-state index contributed by atoms with van der Waals surface area (Å²) in [5.74, 6) is 0. The van der Waals surface area contributed by atoms with Crippen molar-refractivity contribution in [3.8, 4) is 0 Å². The summed E-state index contributed by atoms with van der Waals surface area (Å²) >= 11 is 5.44. The summed E-state index contributed by atoms with van der Waals surface area (Å²) in [6.07, 6.45) is 0.899. The molecule has 1 aliphatic rings. The summed E-state index contributed by atoms with van der Waals surface area (Å²) < 4.78 is 10.1. The number of nitrogens with zero attached hydrogens (tertiary/aromatic N) is 4. The number of ether oxygens (including phenoxy) is 1. The van der Waals surface area contributed by atoms with E-state index in [9.17, 15) is 0 Å². The monoisotopic (exact) mass is 267 g/mol. The highest BCUT2D eigenvalue weighted by atomic mass is 32.1. The highest BCUT2D eigenvalue weighted by molar-refractivity contribution is 7.71. The second kappa shape index (κ2) is 4.40. The number of aryl methyl sites for hydroxylation is 2. The Labute approximate surface area is 110 Å².